The molecule has 16 heavy (non-hydrogen) atoms. The van der Waals surface area contributed by atoms with Crippen LogP contribution in [0.4, 0.5) is 5.69 Å². The van der Waals surface area contributed by atoms with Gasteiger partial charge in [0.1, 0.15) is 0 Å². The summed E-state index contributed by atoms with van der Waals surface area (Å²) in [4.78, 5) is 1.05. The molecule has 0 radical (unpaired) electrons. The predicted octanol–water partition coefficient (Wildman–Crippen LogP) is 2.06. The third-order valence-corrected chi connectivity index (χ3v) is 4.30. The van der Waals surface area contributed by atoms with E-state index >= 15 is 0 Å². The Morgan fingerprint density at radius 2 is 1.94 bits per heavy atom. The third kappa shape index (κ3) is 3.15. The van der Waals surface area contributed by atoms with Gasteiger partial charge in [-0.1, -0.05) is 0 Å². The van der Waals surface area contributed by atoms with Crippen molar-refractivity contribution in [1.29, 1.82) is 5.26 Å². The van der Waals surface area contributed by atoms with E-state index in [9.17, 15) is 8.42 Å². The Morgan fingerprint density at radius 1 is 1.38 bits per heavy atom. The molecule has 4 nitrogen and oxygen atoms in total. The third-order valence-electron chi connectivity index (χ3n) is 2.00. The molecule has 0 saturated heterocycles. The van der Waals surface area contributed by atoms with Gasteiger partial charge in [-0.3, -0.25) is 4.72 Å². The SMILES string of the molecule is CSc1ccc(NS(=O)(=O)C(C)C#N)cc1. The van der Waals surface area contributed by atoms with Crippen LogP contribution < -0.4 is 4.72 Å². The summed E-state index contributed by atoms with van der Waals surface area (Å²) in [5, 5.41) is 7.50. The van der Waals surface area contributed by atoms with Crippen LogP contribution in [0.1, 0.15) is 6.92 Å². The van der Waals surface area contributed by atoms with E-state index in [0.717, 1.165) is 4.90 Å². The van der Waals surface area contributed by atoms with Gasteiger partial charge in [0.2, 0.25) is 10.0 Å². The van der Waals surface area contributed by atoms with Crippen molar-refractivity contribution in [3.8, 4) is 6.07 Å². The van der Waals surface area contributed by atoms with Crippen molar-refractivity contribution in [1.82, 2.24) is 0 Å². The second kappa shape index (κ2) is 5.23. The van der Waals surface area contributed by atoms with Crippen molar-refractivity contribution >= 4 is 27.5 Å². The van der Waals surface area contributed by atoms with E-state index in [0.29, 0.717) is 5.69 Å². The fraction of sp³-hybridized carbons (Fsp3) is 0.300. The molecular formula is C10H12N2O2S2. The molecule has 0 aliphatic heterocycles. The van der Waals surface area contributed by atoms with Gasteiger partial charge in [0.05, 0.1) is 6.07 Å². The number of thioether (sulfide) groups is 1. The molecule has 86 valence electrons. The summed E-state index contributed by atoms with van der Waals surface area (Å²) in [7, 11) is -3.60. The zero-order chi connectivity index (χ0) is 12.2. The van der Waals surface area contributed by atoms with Gasteiger partial charge < -0.3 is 0 Å². The first-order valence-electron chi connectivity index (χ1n) is 4.55. The molecule has 0 aliphatic carbocycles. The Kier molecular flexibility index (Phi) is 4.21. The number of nitriles is 1. The number of nitrogens with one attached hydrogen (secondary N) is 1. The maximum Gasteiger partial charge on any atom is 0.248 e. The summed E-state index contributed by atoms with van der Waals surface area (Å²) in [6.07, 6.45) is 1.94. The highest BCUT2D eigenvalue weighted by Gasteiger charge is 2.19. The number of hydrogen-bond acceptors (Lipinski definition) is 4. The van der Waals surface area contributed by atoms with E-state index in [1.807, 2.05) is 18.4 Å². The Hall–Kier alpha value is -1.19. The lowest BCUT2D eigenvalue weighted by atomic mass is 10.3. The van der Waals surface area contributed by atoms with E-state index in [2.05, 4.69) is 4.72 Å². The molecule has 0 aliphatic rings. The minimum absolute atomic E-state index is 0.472. The summed E-state index contributed by atoms with van der Waals surface area (Å²) in [6.45, 7) is 1.35. The molecule has 0 spiro atoms. The molecule has 0 fully saturated rings. The molecule has 1 atom stereocenters. The molecular weight excluding hydrogens is 244 g/mol. The highest BCUT2D eigenvalue weighted by atomic mass is 32.2. The van der Waals surface area contributed by atoms with Crippen LogP contribution >= 0.6 is 11.8 Å². The molecule has 1 aromatic carbocycles. The standard InChI is InChI=1S/C10H12N2O2S2/c1-8(7-11)16(13,14)12-9-3-5-10(15-2)6-4-9/h3-6,8,12H,1-2H3. The number of rotatable bonds is 4. The summed E-state index contributed by atoms with van der Waals surface area (Å²) >= 11 is 1.58. The molecule has 0 saturated carbocycles. The Balaban J connectivity index is 2.85. The van der Waals surface area contributed by atoms with Crippen molar-refractivity contribution in [3.05, 3.63) is 24.3 Å². The molecule has 0 aromatic heterocycles. The van der Waals surface area contributed by atoms with Crippen molar-refractivity contribution in [2.75, 3.05) is 11.0 Å². The molecule has 1 rings (SSSR count). The first-order chi connectivity index (χ1) is 7.49. The average Bonchev–Trinajstić information content (AvgIpc) is 2.28. The first-order valence-corrected chi connectivity index (χ1v) is 7.32. The minimum atomic E-state index is -3.60. The molecule has 6 heteroatoms. The normalized spacial score (nSPS) is 12.8. The van der Waals surface area contributed by atoms with Crippen LogP contribution in [0.15, 0.2) is 29.2 Å². The maximum absolute atomic E-state index is 11.5. The summed E-state index contributed by atoms with van der Waals surface area (Å²) < 4.78 is 25.5. The van der Waals surface area contributed by atoms with E-state index in [1.54, 1.807) is 30.0 Å². The topological polar surface area (TPSA) is 70.0 Å². The van der Waals surface area contributed by atoms with Crippen molar-refractivity contribution in [2.24, 2.45) is 0 Å². The van der Waals surface area contributed by atoms with Crippen LogP contribution in [0.3, 0.4) is 0 Å². The van der Waals surface area contributed by atoms with E-state index in [1.165, 1.54) is 6.92 Å². The molecule has 0 amide bonds. The van der Waals surface area contributed by atoms with Crippen LogP contribution in [-0.2, 0) is 10.0 Å². The number of anilines is 1. The number of nitrogens with zero attached hydrogens (tertiary/aromatic N) is 1. The molecule has 0 heterocycles. The number of hydrogen-bond donors (Lipinski definition) is 1. The second-order valence-corrected chi connectivity index (χ2v) is 6.03. The highest BCUT2D eigenvalue weighted by Crippen LogP contribution is 2.18. The average molecular weight is 256 g/mol. The van der Waals surface area contributed by atoms with Gasteiger partial charge in [0.25, 0.3) is 0 Å². The van der Waals surface area contributed by atoms with Crippen molar-refractivity contribution in [2.45, 2.75) is 17.1 Å². The molecule has 0 bridgehead atoms. The van der Waals surface area contributed by atoms with E-state index in [4.69, 9.17) is 5.26 Å². The van der Waals surface area contributed by atoms with Crippen molar-refractivity contribution in [3.63, 3.8) is 0 Å². The lowest BCUT2D eigenvalue weighted by Crippen LogP contribution is -2.23. The smallest absolute Gasteiger partial charge is 0.248 e. The lowest BCUT2D eigenvalue weighted by molar-refractivity contribution is 0.597. The number of benzene rings is 1. The van der Waals surface area contributed by atoms with Crippen LogP contribution in [0.25, 0.3) is 0 Å². The van der Waals surface area contributed by atoms with Gasteiger partial charge in [0, 0.05) is 10.6 Å². The fourth-order valence-electron chi connectivity index (χ4n) is 0.981. The monoisotopic (exact) mass is 256 g/mol. The van der Waals surface area contributed by atoms with Crippen molar-refractivity contribution < 1.29 is 8.42 Å². The molecule has 1 unspecified atom stereocenters. The van der Waals surface area contributed by atoms with Crippen LogP contribution in [-0.4, -0.2) is 19.9 Å². The summed E-state index contributed by atoms with van der Waals surface area (Å²) in [5.41, 5.74) is 0.472. The quantitative estimate of drug-likeness (QED) is 0.837. The summed E-state index contributed by atoms with van der Waals surface area (Å²) in [6, 6.07) is 8.68. The summed E-state index contributed by atoms with van der Waals surface area (Å²) in [5.74, 6) is 0. The van der Waals surface area contributed by atoms with E-state index < -0.39 is 15.3 Å². The maximum atomic E-state index is 11.5. The van der Waals surface area contributed by atoms with Crippen LogP contribution in [0.5, 0.6) is 0 Å². The van der Waals surface area contributed by atoms with Gasteiger partial charge in [-0.05, 0) is 37.4 Å². The Morgan fingerprint density at radius 3 is 2.38 bits per heavy atom. The van der Waals surface area contributed by atoms with Gasteiger partial charge >= 0.3 is 0 Å². The molecule has 1 aromatic rings. The number of sulfonamides is 1. The first kappa shape index (κ1) is 12.9. The van der Waals surface area contributed by atoms with Crippen LogP contribution in [0, 0.1) is 11.3 Å². The highest BCUT2D eigenvalue weighted by molar-refractivity contribution is 7.98. The largest absolute Gasteiger partial charge is 0.282 e. The predicted molar refractivity (Wildman–Crippen MR) is 65.8 cm³/mol. The molecule has 1 N–H and O–H groups in total. The minimum Gasteiger partial charge on any atom is -0.282 e. The van der Waals surface area contributed by atoms with Gasteiger partial charge in [-0.25, -0.2) is 8.42 Å². The van der Waals surface area contributed by atoms with Gasteiger partial charge in [-0.15, -0.1) is 11.8 Å². The fourth-order valence-corrected chi connectivity index (χ4v) is 2.17. The second-order valence-electron chi connectivity index (χ2n) is 3.15. The zero-order valence-electron chi connectivity index (χ0n) is 8.97. The zero-order valence-corrected chi connectivity index (χ0v) is 10.6. The van der Waals surface area contributed by atoms with Gasteiger partial charge in [-0.2, -0.15) is 5.26 Å². The van der Waals surface area contributed by atoms with Crippen LogP contribution in [0.2, 0.25) is 0 Å². The van der Waals surface area contributed by atoms with E-state index in [-0.39, 0.29) is 0 Å². The Bertz CT molecular complexity index is 489. The lowest BCUT2D eigenvalue weighted by Gasteiger charge is -2.09. The Labute approximate surface area is 99.7 Å². The van der Waals surface area contributed by atoms with Gasteiger partial charge in [0.15, 0.2) is 5.25 Å².